The summed E-state index contributed by atoms with van der Waals surface area (Å²) in [4.78, 5) is 16.5. The van der Waals surface area contributed by atoms with Crippen LogP contribution >= 0.6 is 24.0 Å². The fraction of sp³-hybridized carbons (Fsp3) is 0.381. The number of nitrogens with zero attached hydrogens (tertiary/aromatic N) is 2. The molecule has 1 aliphatic heterocycles. The number of halogens is 2. The molecule has 0 bridgehead atoms. The van der Waals surface area contributed by atoms with Crippen molar-refractivity contribution in [2.24, 2.45) is 0 Å². The average Bonchev–Trinajstić information content (AvgIpc) is 2.69. The normalized spacial score (nSPS) is 15.6. The molecule has 7 heteroatoms. The number of hydrogen-bond acceptors (Lipinski definition) is 4. The van der Waals surface area contributed by atoms with Gasteiger partial charge < -0.3 is 14.7 Å². The number of aliphatic hydroxyl groups is 1. The van der Waals surface area contributed by atoms with E-state index in [1.54, 1.807) is 6.07 Å². The number of rotatable bonds is 6. The molecule has 1 saturated heterocycles. The minimum atomic E-state index is -0.613. The third kappa shape index (κ3) is 6.11. The molecular weight excluding hydrogens is 399 g/mol. The molecule has 2 aromatic carbocycles. The van der Waals surface area contributed by atoms with Crippen LogP contribution in [0.4, 0.5) is 0 Å². The Bertz CT molecular complexity index is 766. The molecule has 2 aromatic rings. The van der Waals surface area contributed by atoms with Crippen LogP contribution in [0.1, 0.15) is 15.9 Å². The maximum atomic E-state index is 12.5. The maximum absolute atomic E-state index is 12.5. The van der Waals surface area contributed by atoms with E-state index in [1.165, 1.54) is 0 Å². The second-order valence-electron chi connectivity index (χ2n) is 6.86. The first-order valence-corrected chi connectivity index (χ1v) is 9.54. The van der Waals surface area contributed by atoms with Gasteiger partial charge in [-0.2, -0.15) is 0 Å². The minimum absolute atomic E-state index is 0. The van der Waals surface area contributed by atoms with Crippen molar-refractivity contribution >= 4 is 29.9 Å². The fourth-order valence-corrected chi connectivity index (χ4v) is 3.33. The maximum Gasteiger partial charge on any atom is 0.253 e. The molecule has 152 valence electrons. The lowest BCUT2D eigenvalue weighted by Gasteiger charge is -2.35. The molecular formula is C21H26Cl2N2O3. The van der Waals surface area contributed by atoms with Gasteiger partial charge in [-0.1, -0.05) is 35.9 Å². The molecule has 1 heterocycles. The van der Waals surface area contributed by atoms with Crippen molar-refractivity contribution in [3.8, 4) is 5.75 Å². The number of benzene rings is 2. The van der Waals surface area contributed by atoms with Crippen molar-refractivity contribution in [3.63, 3.8) is 0 Å². The zero-order valence-electron chi connectivity index (χ0n) is 15.9. The van der Waals surface area contributed by atoms with Gasteiger partial charge in [0.1, 0.15) is 18.5 Å². The van der Waals surface area contributed by atoms with Gasteiger partial charge in [-0.05, 0) is 36.8 Å². The summed E-state index contributed by atoms with van der Waals surface area (Å²) in [5.41, 5.74) is 1.78. The van der Waals surface area contributed by atoms with Gasteiger partial charge in [-0.25, -0.2) is 0 Å². The van der Waals surface area contributed by atoms with Crippen LogP contribution in [0.15, 0.2) is 48.5 Å². The van der Waals surface area contributed by atoms with Crippen LogP contribution in [0, 0.1) is 6.92 Å². The summed E-state index contributed by atoms with van der Waals surface area (Å²) in [6, 6.07) is 14.9. The van der Waals surface area contributed by atoms with E-state index in [1.807, 2.05) is 54.3 Å². The van der Waals surface area contributed by atoms with E-state index < -0.39 is 6.10 Å². The third-order valence-electron chi connectivity index (χ3n) is 4.67. The van der Waals surface area contributed by atoms with Crippen molar-refractivity contribution in [1.29, 1.82) is 0 Å². The summed E-state index contributed by atoms with van der Waals surface area (Å²) in [5.74, 6) is 0.655. The summed E-state index contributed by atoms with van der Waals surface area (Å²) in [6.07, 6.45) is -0.613. The number of carbonyl (C=O) groups excluding carboxylic acids is 1. The van der Waals surface area contributed by atoms with Gasteiger partial charge in [-0.15, -0.1) is 12.4 Å². The van der Waals surface area contributed by atoms with E-state index in [4.69, 9.17) is 16.3 Å². The molecule has 0 spiro atoms. The lowest BCUT2D eigenvalue weighted by molar-refractivity contribution is 0.0404. The van der Waals surface area contributed by atoms with Crippen molar-refractivity contribution in [2.75, 3.05) is 39.3 Å². The van der Waals surface area contributed by atoms with Crippen molar-refractivity contribution in [2.45, 2.75) is 13.0 Å². The van der Waals surface area contributed by atoms with Gasteiger partial charge in [-0.3, -0.25) is 9.69 Å². The Morgan fingerprint density at radius 3 is 2.50 bits per heavy atom. The monoisotopic (exact) mass is 424 g/mol. The average molecular weight is 425 g/mol. The molecule has 1 unspecified atom stereocenters. The molecule has 0 saturated carbocycles. The highest BCUT2D eigenvalue weighted by molar-refractivity contribution is 6.32. The Kier molecular flexibility index (Phi) is 8.58. The van der Waals surface area contributed by atoms with Crippen molar-refractivity contribution in [3.05, 3.63) is 64.7 Å². The van der Waals surface area contributed by atoms with Gasteiger partial charge in [0, 0.05) is 38.3 Å². The Labute approximate surface area is 177 Å². The van der Waals surface area contributed by atoms with Crippen LogP contribution in [0.25, 0.3) is 0 Å². The highest BCUT2D eigenvalue weighted by atomic mass is 35.5. The molecule has 0 aromatic heterocycles. The molecule has 3 rings (SSSR count). The van der Waals surface area contributed by atoms with Crippen LogP contribution in [-0.4, -0.2) is 66.2 Å². The largest absolute Gasteiger partial charge is 0.489 e. The van der Waals surface area contributed by atoms with Gasteiger partial charge in [0.25, 0.3) is 5.91 Å². The topological polar surface area (TPSA) is 53.0 Å². The number of ether oxygens (including phenoxy) is 1. The molecule has 1 fully saturated rings. The number of β-amino-alcohol motifs (C(OH)–C–C–N with tert-alkyl or cyclic N) is 1. The second-order valence-corrected chi connectivity index (χ2v) is 7.26. The first-order valence-electron chi connectivity index (χ1n) is 9.16. The number of aliphatic hydroxyl groups excluding tert-OH is 1. The first-order chi connectivity index (χ1) is 13.0. The molecule has 0 aliphatic carbocycles. The van der Waals surface area contributed by atoms with Crippen LogP contribution in [0.3, 0.4) is 0 Å². The van der Waals surface area contributed by atoms with Crippen LogP contribution in [0.2, 0.25) is 5.02 Å². The van der Waals surface area contributed by atoms with E-state index in [0.717, 1.165) is 24.2 Å². The van der Waals surface area contributed by atoms with E-state index in [0.29, 0.717) is 30.4 Å². The highest BCUT2D eigenvalue weighted by Gasteiger charge is 2.23. The second kappa shape index (κ2) is 10.7. The number of aryl methyl sites for hydroxylation is 1. The Balaban J connectivity index is 0.00000280. The number of hydrogen-bond donors (Lipinski definition) is 1. The van der Waals surface area contributed by atoms with Crippen molar-refractivity contribution < 1.29 is 14.6 Å². The number of carbonyl (C=O) groups is 1. The molecule has 5 nitrogen and oxygen atoms in total. The summed E-state index contributed by atoms with van der Waals surface area (Å²) in [5, 5.41) is 10.8. The Morgan fingerprint density at radius 1 is 1.14 bits per heavy atom. The Hall–Kier alpha value is -1.79. The SMILES string of the molecule is Cc1ccc(Cl)c(OCC(O)CN2CCN(C(=O)c3ccccc3)CC2)c1.Cl. The predicted octanol–water partition coefficient (Wildman–Crippen LogP) is 3.27. The summed E-state index contributed by atoms with van der Waals surface area (Å²) in [6.45, 7) is 5.46. The van der Waals surface area contributed by atoms with Crippen LogP contribution in [-0.2, 0) is 0 Å². The zero-order valence-corrected chi connectivity index (χ0v) is 17.5. The minimum Gasteiger partial charge on any atom is -0.489 e. The van der Waals surface area contributed by atoms with Gasteiger partial charge in [0.2, 0.25) is 0 Å². The standard InChI is InChI=1S/C21H25ClN2O3.ClH/c1-16-7-8-19(22)20(13-16)27-15-18(25)14-23-9-11-24(12-10-23)21(26)17-5-3-2-4-6-17;/h2-8,13,18,25H,9-12,14-15H2,1H3;1H. The lowest BCUT2D eigenvalue weighted by atomic mass is 10.2. The zero-order chi connectivity index (χ0) is 19.2. The highest BCUT2D eigenvalue weighted by Crippen LogP contribution is 2.25. The lowest BCUT2D eigenvalue weighted by Crippen LogP contribution is -2.50. The fourth-order valence-electron chi connectivity index (χ4n) is 3.15. The smallest absolute Gasteiger partial charge is 0.253 e. The quantitative estimate of drug-likeness (QED) is 0.772. The molecule has 0 radical (unpaired) electrons. The summed E-state index contributed by atoms with van der Waals surface area (Å²) in [7, 11) is 0. The van der Waals surface area contributed by atoms with Gasteiger partial charge in [0.15, 0.2) is 0 Å². The molecule has 1 amide bonds. The van der Waals surface area contributed by atoms with E-state index in [9.17, 15) is 9.90 Å². The van der Waals surface area contributed by atoms with Crippen LogP contribution < -0.4 is 4.74 Å². The number of piperazine rings is 1. The third-order valence-corrected chi connectivity index (χ3v) is 4.98. The summed E-state index contributed by atoms with van der Waals surface area (Å²) < 4.78 is 5.66. The first kappa shape index (κ1) is 22.5. The molecule has 28 heavy (non-hydrogen) atoms. The van der Waals surface area contributed by atoms with Crippen molar-refractivity contribution in [1.82, 2.24) is 9.80 Å². The summed E-state index contributed by atoms with van der Waals surface area (Å²) >= 11 is 6.11. The molecule has 1 atom stereocenters. The van der Waals surface area contributed by atoms with E-state index in [2.05, 4.69) is 4.90 Å². The van der Waals surface area contributed by atoms with Crippen LogP contribution in [0.5, 0.6) is 5.75 Å². The van der Waals surface area contributed by atoms with E-state index >= 15 is 0 Å². The van der Waals surface area contributed by atoms with Gasteiger partial charge >= 0.3 is 0 Å². The Morgan fingerprint density at radius 2 is 1.82 bits per heavy atom. The predicted molar refractivity (Wildman–Crippen MR) is 114 cm³/mol. The molecule has 1 N–H and O–H groups in total. The van der Waals surface area contributed by atoms with Gasteiger partial charge in [0.05, 0.1) is 5.02 Å². The molecule has 1 aliphatic rings. The number of amides is 1. The van der Waals surface area contributed by atoms with E-state index in [-0.39, 0.29) is 24.9 Å².